The summed E-state index contributed by atoms with van der Waals surface area (Å²) in [4.78, 5) is 40.2. The van der Waals surface area contributed by atoms with Gasteiger partial charge in [0.05, 0.1) is 11.0 Å². The van der Waals surface area contributed by atoms with Gasteiger partial charge in [-0.3, -0.25) is 4.79 Å². The number of carbonyl (C=O) groups excluding carboxylic acids is 2. The molecule has 0 aliphatic heterocycles. The Kier molecular flexibility index (Phi) is 4.25. The number of esters is 1. The van der Waals surface area contributed by atoms with Gasteiger partial charge in [0.1, 0.15) is 11.3 Å². The second-order valence-corrected chi connectivity index (χ2v) is 5.43. The van der Waals surface area contributed by atoms with Gasteiger partial charge in [0.15, 0.2) is 6.61 Å². The van der Waals surface area contributed by atoms with Gasteiger partial charge in [-0.1, -0.05) is 12.1 Å². The molecular weight excluding hydrogens is 326 g/mol. The van der Waals surface area contributed by atoms with Crippen LogP contribution >= 0.6 is 0 Å². The van der Waals surface area contributed by atoms with Crippen LogP contribution in [0.5, 0.6) is 5.75 Å². The summed E-state index contributed by atoms with van der Waals surface area (Å²) >= 11 is 0. The molecule has 8 heteroatoms. The van der Waals surface area contributed by atoms with Crippen LogP contribution in [0.4, 0.5) is 5.69 Å². The first-order valence-electron chi connectivity index (χ1n) is 7.41. The van der Waals surface area contributed by atoms with Crippen molar-refractivity contribution in [2.75, 3.05) is 11.9 Å². The van der Waals surface area contributed by atoms with E-state index in [4.69, 9.17) is 4.74 Å². The Morgan fingerprint density at radius 1 is 1.16 bits per heavy atom. The third-order valence-corrected chi connectivity index (χ3v) is 3.59. The number of fused-ring (bicyclic) bond motifs is 1. The van der Waals surface area contributed by atoms with Crippen LogP contribution in [0.1, 0.15) is 15.9 Å². The van der Waals surface area contributed by atoms with E-state index in [0.717, 1.165) is 0 Å². The largest absolute Gasteiger partial charge is 0.507 e. The summed E-state index contributed by atoms with van der Waals surface area (Å²) < 4.78 is 4.91. The smallest absolute Gasteiger partial charge is 0.342 e. The molecule has 0 radical (unpaired) electrons. The summed E-state index contributed by atoms with van der Waals surface area (Å²) in [6.45, 7) is 1.15. The molecule has 0 saturated carbocycles. The number of hydrogen-bond donors (Lipinski definition) is 4. The fraction of sp³-hybridized carbons (Fsp3) is 0.118. The zero-order valence-corrected chi connectivity index (χ0v) is 13.3. The average molecular weight is 341 g/mol. The van der Waals surface area contributed by atoms with Gasteiger partial charge in [-0.2, -0.15) is 0 Å². The molecule has 0 aliphatic carbocycles. The van der Waals surface area contributed by atoms with Crippen molar-refractivity contribution in [1.29, 1.82) is 0 Å². The van der Waals surface area contributed by atoms with E-state index in [1.54, 1.807) is 37.3 Å². The molecule has 0 saturated heterocycles. The lowest BCUT2D eigenvalue weighted by Gasteiger charge is -2.08. The van der Waals surface area contributed by atoms with E-state index in [1.807, 2.05) is 0 Å². The second kappa shape index (κ2) is 6.52. The molecule has 3 aromatic rings. The van der Waals surface area contributed by atoms with Crippen LogP contribution in [0.25, 0.3) is 11.0 Å². The molecule has 1 aromatic heterocycles. The molecule has 4 N–H and O–H groups in total. The number of amides is 1. The second-order valence-electron chi connectivity index (χ2n) is 5.43. The number of imidazole rings is 1. The minimum absolute atomic E-state index is 0.000817. The third kappa shape index (κ3) is 3.52. The van der Waals surface area contributed by atoms with Crippen molar-refractivity contribution < 1.29 is 19.4 Å². The van der Waals surface area contributed by atoms with Crippen LogP contribution in [-0.2, 0) is 9.53 Å². The zero-order valence-electron chi connectivity index (χ0n) is 13.3. The molecule has 0 aliphatic rings. The summed E-state index contributed by atoms with van der Waals surface area (Å²) in [5.41, 5.74) is 1.80. The SMILES string of the molecule is Cc1cccc(C(=O)OCC(=O)Nc2ccc3[nH]c(=O)[nH]c3c2)c1O. The Morgan fingerprint density at radius 2 is 1.92 bits per heavy atom. The monoisotopic (exact) mass is 341 g/mol. The van der Waals surface area contributed by atoms with Crippen LogP contribution < -0.4 is 11.0 Å². The lowest BCUT2D eigenvalue weighted by atomic mass is 10.1. The molecular formula is C17H15N3O5. The van der Waals surface area contributed by atoms with Gasteiger partial charge in [0.2, 0.25) is 0 Å². The molecule has 2 aromatic carbocycles. The highest BCUT2D eigenvalue weighted by atomic mass is 16.5. The zero-order chi connectivity index (χ0) is 18.0. The first-order valence-corrected chi connectivity index (χ1v) is 7.41. The predicted octanol–water partition coefficient (Wildman–Crippen LogP) is 1.67. The number of carbonyl (C=O) groups is 2. The molecule has 128 valence electrons. The summed E-state index contributed by atoms with van der Waals surface area (Å²) in [5.74, 6) is -1.51. The number of ether oxygens (including phenoxy) is 1. The lowest BCUT2D eigenvalue weighted by molar-refractivity contribution is -0.119. The average Bonchev–Trinajstić information content (AvgIpc) is 2.94. The first-order chi connectivity index (χ1) is 11.9. The number of anilines is 1. The fourth-order valence-electron chi connectivity index (χ4n) is 2.34. The van der Waals surface area contributed by atoms with Crippen molar-refractivity contribution in [2.45, 2.75) is 6.92 Å². The number of phenols is 1. The third-order valence-electron chi connectivity index (χ3n) is 3.59. The fourth-order valence-corrected chi connectivity index (χ4v) is 2.34. The molecule has 0 unspecified atom stereocenters. The molecule has 8 nitrogen and oxygen atoms in total. The number of hydrogen-bond acceptors (Lipinski definition) is 5. The van der Waals surface area contributed by atoms with Crippen LogP contribution in [-0.4, -0.2) is 33.6 Å². The van der Waals surface area contributed by atoms with E-state index in [9.17, 15) is 19.5 Å². The van der Waals surface area contributed by atoms with Crippen LogP contribution in [0.3, 0.4) is 0 Å². The predicted molar refractivity (Wildman–Crippen MR) is 90.7 cm³/mol. The maximum atomic E-state index is 11.9. The number of aryl methyl sites for hydroxylation is 1. The maximum absolute atomic E-state index is 11.9. The Bertz CT molecular complexity index is 1020. The van der Waals surface area contributed by atoms with E-state index in [-0.39, 0.29) is 17.0 Å². The number of nitrogens with one attached hydrogen (secondary N) is 3. The van der Waals surface area contributed by atoms with E-state index in [0.29, 0.717) is 22.3 Å². The van der Waals surface area contributed by atoms with E-state index < -0.39 is 18.5 Å². The van der Waals surface area contributed by atoms with Gasteiger partial charge in [0.25, 0.3) is 5.91 Å². The highest BCUT2D eigenvalue weighted by Crippen LogP contribution is 2.22. The van der Waals surface area contributed by atoms with Gasteiger partial charge in [-0.15, -0.1) is 0 Å². The lowest BCUT2D eigenvalue weighted by Crippen LogP contribution is -2.21. The Labute approximate surface area is 141 Å². The summed E-state index contributed by atoms with van der Waals surface area (Å²) in [7, 11) is 0. The van der Waals surface area contributed by atoms with Gasteiger partial charge >= 0.3 is 11.7 Å². The van der Waals surface area contributed by atoms with Crippen molar-refractivity contribution in [3.8, 4) is 5.75 Å². The number of aromatic nitrogens is 2. The summed E-state index contributed by atoms with van der Waals surface area (Å²) in [6, 6.07) is 9.51. The highest BCUT2D eigenvalue weighted by molar-refractivity contribution is 5.97. The van der Waals surface area contributed by atoms with Crippen molar-refractivity contribution in [1.82, 2.24) is 9.97 Å². The Balaban J connectivity index is 1.62. The number of aromatic amines is 2. The molecule has 0 spiro atoms. The van der Waals surface area contributed by atoms with Crippen molar-refractivity contribution in [3.63, 3.8) is 0 Å². The Morgan fingerprint density at radius 3 is 2.72 bits per heavy atom. The molecule has 25 heavy (non-hydrogen) atoms. The van der Waals surface area contributed by atoms with E-state index in [1.165, 1.54) is 6.07 Å². The minimum Gasteiger partial charge on any atom is -0.507 e. The van der Waals surface area contributed by atoms with Crippen molar-refractivity contribution >= 4 is 28.6 Å². The molecule has 1 heterocycles. The van der Waals surface area contributed by atoms with Crippen molar-refractivity contribution in [3.05, 3.63) is 58.0 Å². The minimum atomic E-state index is -0.790. The van der Waals surface area contributed by atoms with Crippen LogP contribution in [0, 0.1) is 6.92 Å². The van der Waals surface area contributed by atoms with Gasteiger partial charge < -0.3 is 25.1 Å². The molecule has 3 rings (SSSR count). The van der Waals surface area contributed by atoms with E-state index >= 15 is 0 Å². The summed E-state index contributed by atoms with van der Waals surface area (Å²) in [6.07, 6.45) is 0. The van der Waals surface area contributed by atoms with Gasteiger partial charge in [0, 0.05) is 5.69 Å². The normalized spacial score (nSPS) is 10.6. The molecule has 0 fully saturated rings. The first kappa shape index (κ1) is 16.3. The number of para-hydroxylation sites is 1. The van der Waals surface area contributed by atoms with Crippen molar-refractivity contribution in [2.24, 2.45) is 0 Å². The highest BCUT2D eigenvalue weighted by Gasteiger charge is 2.15. The number of aromatic hydroxyl groups is 1. The van der Waals surface area contributed by atoms with Gasteiger partial charge in [-0.05, 0) is 36.8 Å². The molecule has 1 amide bonds. The quantitative estimate of drug-likeness (QED) is 0.537. The number of benzene rings is 2. The van der Waals surface area contributed by atoms with Crippen LogP contribution in [0.2, 0.25) is 0 Å². The number of phenolic OH excluding ortho intramolecular Hbond substituents is 1. The standard InChI is InChI=1S/C17H15N3O5/c1-9-3-2-4-11(15(9)22)16(23)25-8-14(21)18-10-5-6-12-13(7-10)20-17(24)19-12/h2-7,22H,8H2,1H3,(H,18,21)(H2,19,20,24). The summed E-state index contributed by atoms with van der Waals surface area (Å²) in [5, 5.41) is 12.4. The van der Waals surface area contributed by atoms with Gasteiger partial charge in [-0.25, -0.2) is 9.59 Å². The topological polar surface area (TPSA) is 124 Å². The van der Waals surface area contributed by atoms with E-state index in [2.05, 4.69) is 15.3 Å². The maximum Gasteiger partial charge on any atom is 0.342 e. The van der Waals surface area contributed by atoms with Crippen LogP contribution in [0.15, 0.2) is 41.2 Å². The molecule has 0 atom stereocenters. The molecule has 0 bridgehead atoms. The number of rotatable bonds is 4. The Hall–Kier alpha value is -3.55. The number of H-pyrrole nitrogens is 2.